The first-order valence-corrected chi connectivity index (χ1v) is 6.65. The van der Waals surface area contributed by atoms with Gasteiger partial charge in [0.05, 0.1) is 5.69 Å². The summed E-state index contributed by atoms with van der Waals surface area (Å²) in [5.74, 6) is 0.993. The Hall–Kier alpha value is -0.610. The molecular formula is C12H18BrN3. The first-order valence-electron chi connectivity index (χ1n) is 5.86. The first-order chi connectivity index (χ1) is 7.75. The van der Waals surface area contributed by atoms with Crippen LogP contribution in [-0.2, 0) is 0 Å². The summed E-state index contributed by atoms with van der Waals surface area (Å²) < 4.78 is 1.07. The van der Waals surface area contributed by atoms with E-state index in [0.29, 0.717) is 6.04 Å². The van der Waals surface area contributed by atoms with Crippen LogP contribution in [0, 0.1) is 6.92 Å². The Balaban J connectivity index is 1.99. The standard InChI is InChI=1S/C12H18BrN3/c1-9-11(13)4-5-12(15-9)16-10-3-2-7-14-8-6-10/h4-5,10,14H,2-3,6-8H2,1H3,(H,15,16). The number of pyridine rings is 1. The SMILES string of the molecule is Cc1nc(NC2CCCNCC2)ccc1Br. The van der Waals surface area contributed by atoms with Crippen molar-refractivity contribution < 1.29 is 0 Å². The Kier molecular flexibility index (Phi) is 4.18. The van der Waals surface area contributed by atoms with Crippen molar-refractivity contribution >= 4 is 21.7 Å². The van der Waals surface area contributed by atoms with E-state index in [1.807, 2.05) is 13.0 Å². The first kappa shape index (κ1) is 11.9. The Morgan fingerprint density at radius 2 is 2.25 bits per heavy atom. The minimum Gasteiger partial charge on any atom is -0.367 e. The third-order valence-corrected chi connectivity index (χ3v) is 3.79. The van der Waals surface area contributed by atoms with Gasteiger partial charge in [-0.15, -0.1) is 0 Å². The number of anilines is 1. The van der Waals surface area contributed by atoms with Crippen molar-refractivity contribution in [3.05, 3.63) is 22.3 Å². The van der Waals surface area contributed by atoms with Gasteiger partial charge >= 0.3 is 0 Å². The van der Waals surface area contributed by atoms with E-state index in [9.17, 15) is 0 Å². The van der Waals surface area contributed by atoms with Gasteiger partial charge in [-0.3, -0.25) is 0 Å². The van der Waals surface area contributed by atoms with Gasteiger partial charge in [-0.2, -0.15) is 0 Å². The average Bonchev–Trinajstić information content (AvgIpc) is 2.52. The van der Waals surface area contributed by atoms with E-state index in [4.69, 9.17) is 0 Å². The lowest BCUT2D eigenvalue weighted by Crippen LogP contribution is -2.22. The number of hydrogen-bond acceptors (Lipinski definition) is 3. The van der Waals surface area contributed by atoms with Crippen molar-refractivity contribution in [3.63, 3.8) is 0 Å². The van der Waals surface area contributed by atoms with Crippen molar-refractivity contribution in [2.45, 2.75) is 32.2 Å². The van der Waals surface area contributed by atoms with E-state index in [2.05, 4.69) is 37.6 Å². The monoisotopic (exact) mass is 283 g/mol. The van der Waals surface area contributed by atoms with E-state index >= 15 is 0 Å². The van der Waals surface area contributed by atoms with E-state index < -0.39 is 0 Å². The molecule has 1 saturated heterocycles. The van der Waals surface area contributed by atoms with Gasteiger partial charge in [0.25, 0.3) is 0 Å². The molecule has 1 aliphatic heterocycles. The van der Waals surface area contributed by atoms with Gasteiger partial charge in [0, 0.05) is 10.5 Å². The number of nitrogens with one attached hydrogen (secondary N) is 2. The minimum atomic E-state index is 0.558. The zero-order valence-corrected chi connectivity index (χ0v) is 11.2. The molecule has 1 aromatic rings. The van der Waals surface area contributed by atoms with Crippen molar-refractivity contribution in [1.82, 2.24) is 10.3 Å². The molecule has 0 spiro atoms. The second kappa shape index (κ2) is 5.64. The second-order valence-corrected chi connectivity index (χ2v) is 5.14. The highest BCUT2D eigenvalue weighted by atomic mass is 79.9. The molecule has 1 atom stereocenters. The van der Waals surface area contributed by atoms with Crippen molar-refractivity contribution in [2.24, 2.45) is 0 Å². The topological polar surface area (TPSA) is 37.0 Å². The zero-order chi connectivity index (χ0) is 11.4. The van der Waals surface area contributed by atoms with E-state index in [1.54, 1.807) is 0 Å². The Morgan fingerprint density at radius 1 is 1.38 bits per heavy atom. The van der Waals surface area contributed by atoms with Crippen LogP contribution in [0.25, 0.3) is 0 Å². The fourth-order valence-corrected chi connectivity index (χ4v) is 2.22. The van der Waals surface area contributed by atoms with Crippen LogP contribution in [0.5, 0.6) is 0 Å². The lowest BCUT2D eigenvalue weighted by atomic mass is 10.1. The molecule has 2 N–H and O–H groups in total. The van der Waals surface area contributed by atoms with Gasteiger partial charge < -0.3 is 10.6 Å². The predicted octanol–water partition coefficient (Wildman–Crippen LogP) is 2.71. The fourth-order valence-electron chi connectivity index (χ4n) is 2.00. The van der Waals surface area contributed by atoms with Crippen LogP contribution < -0.4 is 10.6 Å². The molecule has 88 valence electrons. The van der Waals surface area contributed by atoms with Crippen LogP contribution in [0.15, 0.2) is 16.6 Å². The summed E-state index contributed by atoms with van der Waals surface area (Å²) in [6.45, 7) is 4.27. The van der Waals surface area contributed by atoms with Crippen LogP contribution in [-0.4, -0.2) is 24.1 Å². The predicted molar refractivity (Wildman–Crippen MR) is 70.8 cm³/mol. The smallest absolute Gasteiger partial charge is 0.126 e. The zero-order valence-electron chi connectivity index (χ0n) is 9.59. The van der Waals surface area contributed by atoms with Crippen LogP contribution in [0.4, 0.5) is 5.82 Å². The highest BCUT2D eigenvalue weighted by Crippen LogP contribution is 2.18. The highest BCUT2D eigenvalue weighted by Gasteiger charge is 2.12. The highest BCUT2D eigenvalue weighted by molar-refractivity contribution is 9.10. The Bertz CT molecular complexity index is 346. The second-order valence-electron chi connectivity index (χ2n) is 4.29. The molecule has 0 bridgehead atoms. The molecule has 0 radical (unpaired) electrons. The maximum Gasteiger partial charge on any atom is 0.126 e. The molecule has 0 saturated carbocycles. The Morgan fingerprint density at radius 3 is 3.06 bits per heavy atom. The molecule has 1 fully saturated rings. The summed E-state index contributed by atoms with van der Waals surface area (Å²) >= 11 is 3.47. The van der Waals surface area contributed by atoms with Gasteiger partial charge in [-0.25, -0.2) is 4.98 Å². The molecule has 0 aliphatic carbocycles. The molecule has 4 heteroatoms. The van der Waals surface area contributed by atoms with Gasteiger partial charge in [-0.1, -0.05) is 0 Å². The van der Waals surface area contributed by atoms with Crippen molar-refractivity contribution in [3.8, 4) is 0 Å². The van der Waals surface area contributed by atoms with Crippen molar-refractivity contribution in [1.29, 1.82) is 0 Å². The van der Waals surface area contributed by atoms with Crippen LogP contribution in [0.3, 0.4) is 0 Å². The third-order valence-electron chi connectivity index (χ3n) is 2.95. The number of aromatic nitrogens is 1. The maximum atomic E-state index is 4.52. The van der Waals surface area contributed by atoms with Crippen molar-refractivity contribution in [2.75, 3.05) is 18.4 Å². The fraction of sp³-hybridized carbons (Fsp3) is 0.583. The van der Waals surface area contributed by atoms with Crippen LogP contribution in [0.1, 0.15) is 25.0 Å². The molecule has 2 rings (SSSR count). The largest absolute Gasteiger partial charge is 0.367 e. The molecule has 1 aliphatic rings. The normalized spacial score (nSPS) is 21.5. The molecule has 1 aromatic heterocycles. The summed E-state index contributed by atoms with van der Waals surface area (Å²) in [6, 6.07) is 4.65. The van der Waals surface area contributed by atoms with Gasteiger partial charge in [0.1, 0.15) is 5.82 Å². The number of halogens is 1. The molecule has 2 heterocycles. The van der Waals surface area contributed by atoms with Gasteiger partial charge in [-0.05, 0) is 67.3 Å². The molecule has 0 amide bonds. The van der Waals surface area contributed by atoms with Gasteiger partial charge in [0.2, 0.25) is 0 Å². The maximum absolute atomic E-state index is 4.52. The number of nitrogens with zero attached hydrogens (tertiary/aromatic N) is 1. The minimum absolute atomic E-state index is 0.558. The summed E-state index contributed by atoms with van der Waals surface area (Å²) in [4.78, 5) is 4.52. The average molecular weight is 284 g/mol. The van der Waals surface area contributed by atoms with Crippen LogP contribution in [0.2, 0.25) is 0 Å². The van der Waals surface area contributed by atoms with E-state index in [0.717, 1.165) is 29.1 Å². The summed E-state index contributed by atoms with van der Waals surface area (Å²) in [6.07, 6.45) is 3.65. The summed E-state index contributed by atoms with van der Waals surface area (Å²) in [5.41, 5.74) is 1.04. The molecule has 16 heavy (non-hydrogen) atoms. The Labute approximate surface area is 105 Å². The lowest BCUT2D eigenvalue weighted by Gasteiger charge is -2.17. The number of rotatable bonds is 2. The molecule has 3 nitrogen and oxygen atoms in total. The molecular weight excluding hydrogens is 266 g/mol. The summed E-state index contributed by atoms with van der Waals surface area (Å²) in [7, 11) is 0. The van der Waals surface area contributed by atoms with Gasteiger partial charge in [0.15, 0.2) is 0 Å². The van der Waals surface area contributed by atoms with E-state index in [-0.39, 0.29) is 0 Å². The quantitative estimate of drug-likeness (QED) is 0.876. The number of hydrogen-bond donors (Lipinski definition) is 2. The lowest BCUT2D eigenvalue weighted by molar-refractivity contribution is 0.635. The van der Waals surface area contributed by atoms with Crippen LogP contribution >= 0.6 is 15.9 Å². The third kappa shape index (κ3) is 3.19. The molecule has 0 aromatic carbocycles. The number of aryl methyl sites for hydroxylation is 1. The molecule has 1 unspecified atom stereocenters. The van der Waals surface area contributed by atoms with E-state index in [1.165, 1.54) is 19.3 Å². The summed E-state index contributed by atoms with van der Waals surface area (Å²) in [5, 5.41) is 6.93.